The Morgan fingerprint density at radius 1 is 1.11 bits per heavy atom. The second-order valence-electron chi connectivity index (χ2n) is 4.32. The number of aliphatic carboxylic acids is 2. The molecule has 0 saturated carbocycles. The van der Waals surface area contributed by atoms with Crippen molar-refractivity contribution in [2.45, 2.75) is 46.0 Å². The maximum atomic E-state index is 11.6. The number of amides is 1. The molecule has 0 radical (unpaired) electrons. The summed E-state index contributed by atoms with van der Waals surface area (Å²) < 4.78 is 0. The van der Waals surface area contributed by atoms with Gasteiger partial charge in [-0.05, 0) is 19.3 Å². The van der Waals surface area contributed by atoms with Crippen molar-refractivity contribution < 1.29 is 24.6 Å². The van der Waals surface area contributed by atoms with Gasteiger partial charge in [0.2, 0.25) is 5.91 Å². The van der Waals surface area contributed by atoms with Crippen LogP contribution in [0.15, 0.2) is 0 Å². The van der Waals surface area contributed by atoms with Crippen molar-refractivity contribution in [2.75, 3.05) is 6.54 Å². The highest BCUT2D eigenvalue weighted by Crippen LogP contribution is 2.30. The number of hydrogen-bond donors (Lipinski definition) is 3. The number of nitrogens with one attached hydrogen (secondary N) is 1. The minimum Gasteiger partial charge on any atom is -0.481 e. The molecule has 104 valence electrons. The van der Waals surface area contributed by atoms with E-state index in [0.717, 1.165) is 0 Å². The van der Waals surface area contributed by atoms with E-state index in [9.17, 15) is 14.4 Å². The molecule has 0 aliphatic carbocycles. The molecule has 0 spiro atoms. The van der Waals surface area contributed by atoms with Crippen LogP contribution < -0.4 is 5.32 Å². The molecule has 0 heterocycles. The van der Waals surface area contributed by atoms with E-state index in [1.807, 2.05) is 0 Å². The van der Waals surface area contributed by atoms with Gasteiger partial charge in [-0.25, -0.2) is 0 Å². The van der Waals surface area contributed by atoms with Crippen LogP contribution in [0, 0.1) is 5.41 Å². The van der Waals surface area contributed by atoms with Crippen LogP contribution in [0.3, 0.4) is 0 Å². The molecule has 1 amide bonds. The normalized spacial score (nSPS) is 11.0. The van der Waals surface area contributed by atoms with Gasteiger partial charge in [0.05, 0.1) is 5.41 Å². The smallest absolute Gasteiger partial charge is 0.310 e. The zero-order valence-electron chi connectivity index (χ0n) is 10.9. The highest BCUT2D eigenvalue weighted by atomic mass is 16.4. The van der Waals surface area contributed by atoms with Crippen LogP contribution in [0.1, 0.15) is 46.0 Å². The first kappa shape index (κ1) is 16.4. The summed E-state index contributed by atoms with van der Waals surface area (Å²) in [5.74, 6) is -2.22. The molecule has 0 unspecified atom stereocenters. The summed E-state index contributed by atoms with van der Waals surface area (Å²) in [6, 6.07) is 0. The van der Waals surface area contributed by atoms with Crippen LogP contribution in [0.25, 0.3) is 0 Å². The van der Waals surface area contributed by atoms with E-state index in [4.69, 9.17) is 10.2 Å². The van der Waals surface area contributed by atoms with Gasteiger partial charge in [0.15, 0.2) is 0 Å². The van der Waals surface area contributed by atoms with E-state index in [-0.39, 0.29) is 25.3 Å². The SMILES string of the molecule is CCC(CC)(CC(=O)NCCCC(=O)O)C(=O)O. The second kappa shape index (κ2) is 7.68. The molecule has 0 aromatic heterocycles. The number of rotatable bonds is 9. The van der Waals surface area contributed by atoms with Gasteiger partial charge < -0.3 is 15.5 Å². The topological polar surface area (TPSA) is 104 Å². The van der Waals surface area contributed by atoms with Gasteiger partial charge in [-0.3, -0.25) is 14.4 Å². The predicted octanol–water partition coefficient (Wildman–Crippen LogP) is 1.25. The number of hydrogen-bond acceptors (Lipinski definition) is 3. The highest BCUT2D eigenvalue weighted by molar-refractivity contribution is 5.84. The maximum Gasteiger partial charge on any atom is 0.310 e. The third-order valence-corrected chi connectivity index (χ3v) is 3.20. The molecule has 3 N–H and O–H groups in total. The van der Waals surface area contributed by atoms with E-state index < -0.39 is 17.4 Å². The Labute approximate surface area is 106 Å². The van der Waals surface area contributed by atoms with E-state index in [1.54, 1.807) is 13.8 Å². The summed E-state index contributed by atoms with van der Waals surface area (Å²) >= 11 is 0. The zero-order valence-corrected chi connectivity index (χ0v) is 10.9. The molecule has 18 heavy (non-hydrogen) atoms. The summed E-state index contributed by atoms with van der Waals surface area (Å²) in [4.78, 5) is 33.0. The van der Waals surface area contributed by atoms with Crippen molar-refractivity contribution in [3.05, 3.63) is 0 Å². The first-order chi connectivity index (χ1) is 8.38. The number of carbonyl (C=O) groups is 3. The number of carboxylic acid groups (broad SMARTS) is 2. The summed E-state index contributed by atoms with van der Waals surface area (Å²) in [5.41, 5.74) is -1.02. The highest BCUT2D eigenvalue weighted by Gasteiger charge is 2.36. The van der Waals surface area contributed by atoms with Gasteiger partial charge in [0.1, 0.15) is 0 Å². The van der Waals surface area contributed by atoms with Gasteiger partial charge >= 0.3 is 11.9 Å². The van der Waals surface area contributed by atoms with Crippen molar-refractivity contribution in [2.24, 2.45) is 5.41 Å². The molecular formula is C12H21NO5. The summed E-state index contributed by atoms with van der Waals surface area (Å²) in [7, 11) is 0. The maximum absolute atomic E-state index is 11.6. The lowest BCUT2D eigenvalue weighted by molar-refractivity contribution is -0.152. The lowest BCUT2D eigenvalue weighted by atomic mass is 9.79. The van der Waals surface area contributed by atoms with Crippen molar-refractivity contribution in [1.82, 2.24) is 5.32 Å². The standard InChI is InChI=1S/C12H21NO5/c1-3-12(4-2,11(17)18)8-9(14)13-7-5-6-10(15)16/h3-8H2,1-2H3,(H,13,14)(H,15,16)(H,17,18). The van der Waals surface area contributed by atoms with Crippen LogP contribution in [-0.4, -0.2) is 34.6 Å². The third kappa shape index (κ3) is 5.16. The van der Waals surface area contributed by atoms with Crippen molar-refractivity contribution in [1.29, 1.82) is 0 Å². The van der Waals surface area contributed by atoms with Crippen LogP contribution in [-0.2, 0) is 14.4 Å². The number of carbonyl (C=O) groups excluding carboxylic acids is 1. The fourth-order valence-corrected chi connectivity index (χ4v) is 1.72. The lowest BCUT2D eigenvalue weighted by Crippen LogP contribution is -2.37. The predicted molar refractivity (Wildman–Crippen MR) is 65.1 cm³/mol. The van der Waals surface area contributed by atoms with E-state index in [1.165, 1.54) is 0 Å². The Balaban J connectivity index is 4.19. The number of carboxylic acids is 2. The minimum absolute atomic E-state index is 0.00803. The van der Waals surface area contributed by atoms with Crippen molar-refractivity contribution in [3.8, 4) is 0 Å². The third-order valence-electron chi connectivity index (χ3n) is 3.20. The lowest BCUT2D eigenvalue weighted by Gasteiger charge is -2.25. The fraction of sp³-hybridized carbons (Fsp3) is 0.750. The Morgan fingerprint density at radius 3 is 2.06 bits per heavy atom. The monoisotopic (exact) mass is 259 g/mol. The van der Waals surface area contributed by atoms with Gasteiger partial charge in [-0.1, -0.05) is 13.8 Å². The van der Waals surface area contributed by atoms with Crippen LogP contribution in [0.2, 0.25) is 0 Å². The molecule has 0 rings (SSSR count). The van der Waals surface area contributed by atoms with Crippen LogP contribution in [0.5, 0.6) is 0 Å². The van der Waals surface area contributed by atoms with E-state index >= 15 is 0 Å². The average Bonchev–Trinajstić information content (AvgIpc) is 2.31. The molecule has 0 bridgehead atoms. The Bertz CT molecular complexity index is 310. The summed E-state index contributed by atoms with van der Waals surface area (Å²) in [6.45, 7) is 3.75. The fourth-order valence-electron chi connectivity index (χ4n) is 1.72. The van der Waals surface area contributed by atoms with Crippen molar-refractivity contribution in [3.63, 3.8) is 0 Å². The molecule has 6 nitrogen and oxygen atoms in total. The summed E-state index contributed by atoms with van der Waals surface area (Å²) in [6.07, 6.45) is 1.05. The van der Waals surface area contributed by atoms with Crippen molar-refractivity contribution >= 4 is 17.8 Å². The molecule has 0 aromatic rings. The molecule has 0 saturated heterocycles. The van der Waals surface area contributed by atoms with Gasteiger partial charge in [0.25, 0.3) is 0 Å². The first-order valence-electron chi connectivity index (χ1n) is 6.10. The molecule has 0 fully saturated rings. The second-order valence-corrected chi connectivity index (χ2v) is 4.32. The quantitative estimate of drug-likeness (QED) is 0.540. The Kier molecular flexibility index (Phi) is 7.00. The minimum atomic E-state index is -1.02. The van der Waals surface area contributed by atoms with Gasteiger partial charge in [0, 0.05) is 19.4 Å². The molecule has 0 aliphatic rings. The van der Waals surface area contributed by atoms with Crippen LogP contribution >= 0.6 is 0 Å². The van der Waals surface area contributed by atoms with E-state index in [0.29, 0.717) is 19.3 Å². The summed E-state index contributed by atoms with van der Waals surface area (Å²) in [5, 5.41) is 20.1. The Morgan fingerprint density at radius 2 is 1.67 bits per heavy atom. The molecule has 0 atom stereocenters. The van der Waals surface area contributed by atoms with Gasteiger partial charge in [-0.2, -0.15) is 0 Å². The zero-order chi connectivity index (χ0) is 14.2. The van der Waals surface area contributed by atoms with E-state index in [2.05, 4.69) is 5.32 Å². The van der Waals surface area contributed by atoms with Crippen LogP contribution in [0.4, 0.5) is 0 Å². The molecule has 0 aliphatic heterocycles. The molecular weight excluding hydrogens is 238 g/mol. The largest absolute Gasteiger partial charge is 0.481 e. The molecule has 6 heteroatoms. The molecule has 0 aromatic carbocycles. The van der Waals surface area contributed by atoms with Gasteiger partial charge in [-0.15, -0.1) is 0 Å². The average molecular weight is 259 g/mol. The Hall–Kier alpha value is -1.59. The first-order valence-corrected chi connectivity index (χ1v) is 6.10.